The normalized spacial score (nSPS) is 32.5. The molecule has 0 aliphatic carbocycles. The van der Waals surface area contributed by atoms with Crippen molar-refractivity contribution in [3.05, 3.63) is 0 Å². The highest BCUT2D eigenvalue weighted by atomic mass is 31.2. The van der Waals surface area contributed by atoms with E-state index in [0.29, 0.717) is 0 Å². The Morgan fingerprint density at radius 2 is 0.660 bits per heavy atom. The maximum Gasteiger partial charge on any atom is 0.921 e. The molecule has 6 N–H and O–H groups in total. The second-order valence-corrected chi connectivity index (χ2v) is 39.1. The monoisotopic (exact) mass is 870 g/mol. The van der Waals surface area contributed by atoms with Crippen molar-refractivity contribution < 1.29 is 79.5 Å². The van der Waals surface area contributed by atoms with Gasteiger partial charge in [0.1, 0.15) is 32.1 Å². The minimum atomic E-state index is -4.70. The number of aliphatic hydroxyl groups is 6. The molecule has 2 rings (SSSR count). The van der Waals surface area contributed by atoms with Crippen LogP contribution >= 0.6 is 44.2 Å². The van der Waals surface area contributed by atoms with Crippen LogP contribution in [0.3, 0.4) is 0 Å². The van der Waals surface area contributed by atoms with Crippen LogP contribution in [-0.4, -0.2) is 130 Å². The molecule has 0 aromatic rings. The van der Waals surface area contributed by atoms with Crippen molar-refractivity contribution >= 4 is 74.5 Å². The molecule has 2 fully saturated rings. The van der Waals surface area contributed by atoms with Gasteiger partial charge < -0.3 is 52.1 Å². The van der Waals surface area contributed by atoms with Crippen LogP contribution in [0.1, 0.15) is 83.1 Å². The SMILES string of the molecule is CC(C)(O)P1(=O)CCP(=O)(C(C)(C)O)[O][Al]([O]P(=O)(CCP(=O)([O][Al]2[O]P(=O)(C(C)(C)O)CCP(=O)(C(C)(C)O)[O]2)C(C)(C)O)C(C)(C)O)[O]1. The van der Waals surface area contributed by atoms with Crippen LogP contribution in [0.2, 0.25) is 0 Å². The van der Waals surface area contributed by atoms with Crippen LogP contribution in [0.4, 0.5) is 0 Å². The third-order valence-electron chi connectivity index (χ3n) is 8.61. The molecule has 0 radical (unpaired) electrons. The second-order valence-electron chi connectivity index (χ2n) is 15.6. The molecule has 26 heteroatoms. The first-order valence-electron chi connectivity index (χ1n) is 15.7. The number of hydrogen-bond acceptors (Lipinski definition) is 18. The average Bonchev–Trinajstić information content (AvgIpc) is 3.09. The fraction of sp³-hybridized carbons (Fsp3) is 1.00. The Kier molecular flexibility index (Phi) is 14.5. The summed E-state index contributed by atoms with van der Waals surface area (Å²) in [4.78, 5) is 0. The van der Waals surface area contributed by atoms with Crippen LogP contribution in [0.25, 0.3) is 0 Å². The average molecular weight is 870 g/mol. The highest BCUT2D eigenvalue weighted by Crippen LogP contribution is 2.73. The topological polar surface area (TPSA) is 279 Å². The smallest absolute Gasteiger partial charge is 0.403 e. The summed E-state index contributed by atoms with van der Waals surface area (Å²) in [5, 5.41) is 52.3. The summed E-state index contributed by atoms with van der Waals surface area (Å²) >= 11 is -8.44. The van der Waals surface area contributed by atoms with E-state index in [0.717, 1.165) is 27.7 Å². The zero-order valence-electron chi connectivity index (χ0n) is 30.7. The molecule has 0 spiro atoms. The first kappa shape index (κ1) is 48.1. The van der Waals surface area contributed by atoms with Crippen molar-refractivity contribution in [1.29, 1.82) is 0 Å². The van der Waals surface area contributed by atoms with Crippen molar-refractivity contribution in [2.45, 2.75) is 115 Å². The molecular formula is C24H54Al2O18P6. The lowest BCUT2D eigenvalue weighted by atomic mass is 10.5. The first-order chi connectivity index (χ1) is 21.7. The summed E-state index contributed by atoms with van der Waals surface area (Å²) < 4.78 is 118. The Bertz CT molecular complexity index is 1350. The Hall–Kier alpha value is 1.96. The van der Waals surface area contributed by atoms with Crippen LogP contribution < -0.4 is 0 Å². The van der Waals surface area contributed by atoms with E-state index in [1.165, 1.54) is 55.4 Å². The molecule has 2 heterocycles. The molecule has 2 saturated heterocycles. The van der Waals surface area contributed by atoms with E-state index in [1.807, 2.05) is 0 Å². The molecule has 2 aliphatic rings. The number of hydrogen-bond donors (Lipinski definition) is 6. The van der Waals surface area contributed by atoms with Crippen LogP contribution in [0, 0.1) is 0 Å². The summed E-state index contributed by atoms with van der Waals surface area (Å²) in [6.45, 7) is 13.6. The van der Waals surface area contributed by atoms with E-state index < -0.39 is 144 Å². The number of rotatable bonds is 13. The van der Waals surface area contributed by atoms with Crippen molar-refractivity contribution in [3.8, 4) is 0 Å². The van der Waals surface area contributed by atoms with Crippen LogP contribution in [0.15, 0.2) is 0 Å². The minimum Gasteiger partial charge on any atom is -0.403 e. The molecular weight excluding hydrogens is 816 g/mol. The molecule has 0 amide bonds. The molecule has 0 bridgehead atoms. The minimum absolute atomic E-state index is 0.506. The molecule has 294 valence electrons. The maximum absolute atomic E-state index is 14.6. The highest BCUT2D eigenvalue weighted by Gasteiger charge is 2.63. The van der Waals surface area contributed by atoms with Gasteiger partial charge in [-0.1, -0.05) is 0 Å². The Morgan fingerprint density at radius 1 is 0.480 bits per heavy atom. The third-order valence-corrected chi connectivity index (χ3v) is 36.8. The predicted octanol–water partition coefficient (Wildman–Crippen LogP) is 5.12. The van der Waals surface area contributed by atoms with Gasteiger partial charge in [-0.3, -0.25) is 27.4 Å². The van der Waals surface area contributed by atoms with Crippen molar-refractivity contribution in [3.63, 3.8) is 0 Å². The predicted molar refractivity (Wildman–Crippen MR) is 191 cm³/mol. The molecule has 0 saturated carbocycles. The summed E-state index contributed by atoms with van der Waals surface area (Å²) in [6.07, 6.45) is -3.80. The summed E-state index contributed by atoms with van der Waals surface area (Å²) in [7, 11) is -26.2. The van der Waals surface area contributed by atoms with E-state index in [2.05, 4.69) is 0 Å². The van der Waals surface area contributed by atoms with Gasteiger partial charge in [-0.05, 0) is 83.1 Å². The fourth-order valence-corrected chi connectivity index (χ4v) is 32.5. The zero-order valence-corrected chi connectivity index (χ0v) is 38.3. The van der Waals surface area contributed by atoms with Gasteiger partial charge in [0.05, 0.1) is 0 Å². The highest BCUT2D eigenvalue weighted by molar-refractivity contribution is 7.69. The molecule has 2 aliphatic heterocycles. The molecule has 18 nitrogen and oxygen atoms in total. The summed E-state index contributed by atoms with van der Waals surface area (Å²) in [6, 6.07) is 0. The molecule has 6 atom stereocenters. The lowest BCUT2D eigenvalue weighted by Crippen LogP contribution is -2.36. The quantitative estimate of drug-likeness (QED) is 0.103. The lowest BCUT2D eigenvalue weighted by molar-refractivity contribution is 0.129. The van der Waals surface area contributed by atoms with E-state index in [-0.39, 0.29) is 0 Å². The van der Waals surface area contributed by atoms with Crippen molar-refractivity contribution in [2.24, 2.45) is 0 Å². The molecule has 6 unspecified atom stereocenters. The lowest BCUT2D eigenvalue weighted by Gasteiger charge is -2.37. The van der Waals surface area contributed by atoms with Crippen LogP contribution in [-0.2, 0) is 48.8 Å². The van der Waals surface area contributed by atoms with Gasteiger partial charge in [-0.2, -0.15) is 0 Å². The summed E-state index contributed by atoms with van der Waals surface area (Å²) in [5.74, 6) is 0. The van der Waals surface area contributed by atoms with Gasteiger partial charge in [0, 0.05) is 37.0 Å². The van der Waals surface area contributed by atoms with Crippen molar-refractivity contribution in [2.75, 3.05) is 37.0 Å². The summed E-state index contributed by atoms with van der Waals surface area (Å²) in [5.41, 5.74) is 0. The van der Waals surface area contributed by atoms with E-state index in [4.69, 9.17) is 21.5 Å². The third kappa shape index (κ3) is 10.5. The van der Waals surface area contributed by atoms with Gasteiger partial charge in [-0.25, -0.2) is 0 Å². The Balaban J connectivity index is 2.61. The first-order valence-corrected chi connectivity index (χ1v) is 29.4. The zero-order chi connectivity index (χ0) is 39.6. The van der Waals surface area contributed by atoms with Gasteiger partial charge >= 0.3 is 30.3 Å². The molecule has 0 aromatic carbocycles. The second kappa shape index (κ2) is 15.0. The fourth-order valence-electron chi connectivity index (χ4n) is 4.47. The van der Waals surface area contributed by atoms with Gasteiger partial charge in [-0.15, -0.1) is 0 Å². The standard InChI is InChI=1S/3C8H20O6P2.2Al/c3*1-7(2,9)15(11,12)5-6-16(13,14)8(3,4)10;;/h3*9-10H,5-6H2,1-4H3,(H,11,12)(H,13,14);;/q;;;2*+3/p-6. The maximum atomic E-state index is 14.6. The van der Waals surface area contributed by atoms with E-state index in [1.54, 1.807) is 0 Å². The van der Waals surface area contributed by atoms with E-state index in [9.17, 15) is 58.0 Å². The van der Waals surface area contributed by atoms with Gasteiger partial charge in [0.2, 0.25) is 44.2 Å². The largest absolute Gasteiger partial charge is 0.921 e. The Morgan fingerprint density at radius 3 is 0.800 bits per heavy atom. The van der Waals surface area contributed by atoms with Gasteiger partial charge in [0.15, 0.2) is 0 Å². The van der Waals surface area contributed by atoms with Gasteiger partial charge in [0.25, 0.3) is 0 Å². The van der Waals surface area contributed by atoms with Crippen molar-refractivity contribution in [1.82, 2.24) is 0 Å². The van der Waals surface area contributed by atoms with E-state index >= 15 is 0 Å². The molecule has 0 aromatic heterocycles. The Labute approximate surface area is 304 Å². The van der Waals surface area contributed by atoms with Crippen LogP contribution in [0.5, 0.6) is 0 Å². The molecule has 50 heavy (non-hydrogen) atoms.